The molecule has 92 heavy (non-hydrogen) atoms. The second-order valence-corrected chi connectivity index (χ2v) is 23.6. The smallest absolute Gasteiger partial charge is 0.433 e. The molecule has 36 heteroatoms. The van der Waals surface area contributed by atoms with Gasteiger partial charge in [0.25, 0.3) is 0 Å². The van der Waals surface area contributed by atoms with Crippen molar-refractivity contribution in [2.24, 2.45) is 5.92 Å². The first-order chi connectivity index (χ1) is 43.2. The van der Waals surface area contributed by atoms with Gasteiger partial charge in [-0.15, -0.1) is 0 Å². The molecule has 1 aromatic rings. The van der Waals surface area contributed by atoms with Crippen LogP contribution in [0.15, 0.2) is 6.07 Å². The number of ether oxygens (including phenoxy) is 1. The van der Waals surface area contributed by atoms with Crippen LogP contribution < -0.4 is 31.9 Å². The van der Waals surface area contributed by atoms with Gasteiger partial charge in [0.2, 0.25) is 53.2 Å². The molecule has 4 fully saturated rings. The minimum absolute atomic E-state index is 0.0717. The maximum absolute atomic E-state index is 14.5. The SMILES string of the molecule is CC(C)CCCCCCCCC[C@@H]1CC(=O)N[C@H]([C@@H](O)C(=O)O)C(=O)NC([C@H](C)O)C(=O)N2CCC[C@@H]2C(=O)N2CCC[C@H]2C(=O)NC(CCCNc2nc(C(F)(F)F)cc(C(F)(F)F)n2)C(=O)N[C@H](CO)C(=O)N2CC[C@H](O)[C@H]2C(=O)N[C@@H]([C@H](O)C(=O)O)C(=O)O1. The molecular formula is C56H81F6N11O19. The van der Waals surface area contributed by atoms with Gasteiger partial charge in [0.15, 0.2) is 29.6 Å². The number of nitrogens with zero attached hydrogens (tertiary/aromatic N) is 5. The normalized spacial score (nSPS) is 26.7. The standard InChI is InChI=1S/C56H81F6N11O19/c1-27(2)14-9-7-5-4-6-8-10-15-29-24-37(77)68-39(42(78)51(87)88)46(82)69-38(28(3)75)50(86)72-22-13-18-33(72)49(85)71-21-12-17-32(71)45(81)64-30(16-11-20-63-54-66-35(55(57,58)59)25-36(67-54)56(60,61)62)44(80)65-31(26-74)48(84)73-23-19-34(76)41(73)47(83)70-40(53(91)92-29)43(79)52(89)90/h25,27-34,38-43,74-76,78-79H,4-24,26H2,1-3H3,(H,64,81)(H,65,80)(H,68,77)(H,69,82)(H,70,83)(H,87,88)(H,89,90)(H,63,66,67)/t28-,29+,30?,31+,32-,33+,34-,38?,39+,40-,41-,42+,43-/m0/s1. The highest BCUT2D eigenvalue weighted by molar-refractivity contribution is 6.00. The van der Waals surface area contributed by atoms with Gasteiger partial charge in [-0.25, -0.2) is 24.4 Å². The molecule has 0 bridgehead atoms. The van der Waals surface area contributed by atoms with Gasteiger partial charge in [-0.05, 0) is 76.7 Å². The number of alkyl halides is 6. The maximum atomic E-state index is 14.5. The van der Waals surface area contributed by atoms with E-state index in [1.165, 1.54) is 0 Å². The van der Waals surface area contributed by atoms with Crippen molar-refractivity contribution < 1.29 is 120 Å². The molecule has 1 aromatic heterocycles. The third-order valence-electron chi connectivity index (χ3n) is 16.1. The lowest BCUT2D eigenvalue weighted by atomic mass is 10.0. The molecule has 4 aliphatic rings. The lowest BCUT2D eigenvalue weighted by Crippen LogP contribution is -2.63. The Labute approximate surface area is 523 Å². The van der Waals surface area contributed by atoms with Gasteiger partial charge in [-0.3, -0.25) is 38.4 Å². The van der Waals surface area contributed by atoms with Gasteiger partial charge in [-0.1, -0.05) is 58.8 Å². The molecular weight excluding hydrogens is 1240 g/mol. The van der Waals surface area contributed by atoms with Crippen molar-refractivity contribution in [2.75, 3.05) is 38.1 Å². The van der Waals surface area contributed by atoms with Gasteiger partial charge < -0.3 is 87.1 Å². The number of carbonyl (C=O) groups is 11. The summed E-state index contributed by atoms with van der Waals surface area (Å²) in [5, 5.41) is 87.1. The summed E-state index contributed by atoms with van der Waals surface area (Å²) in [5.41, 5.74) is -3.94. The van der Waals surface area contributed by atoms with Crippen molar-refractivity contribution in [3.8, 4) is 0 Å². The summed E-state index contributed by atoms with van der Waals surface area (Å²) in [4.78, 5) is 162. The third kappa shape index (κ3) is 20.7. The Hall–Kier alpha value is -7.57. The van der Waals surface area contributed by atoms with Crippen molar-refractivity contribution in [2.45, 2.75) is 221 Å². The topological polar surface area (TPSA) is 446 Å². The maximum Gasteiger partial charge on any atom is 0.433 e. The number of aliphatic hydroxyl groups is 5. The summed E-state index contributed by atoms with van der Waals surface area (Å²) in [6.45, 7) is 2.43. The molecule has 5 rings (SSSR count). The lowest BCUT2D eigenvalue weighted by molar-refractivity contribution is -0.165. The van der Waals surface area contributed by atoms with Crippen LogP contribution in [-0.2, 0) is 69.8 Å². The molecule has 0 aromatic carbocycles. The zero-order valence-corrected chi connectivity index (χ0v) is 50.7. The number of carboxylic acids is 2. The Morgan fingerprint density at radius 2 is 1.16 bits per heavy atom. The summed E-state index contributed by atoms with van der Waals surface area (Å²) in [6.07, 6.45) is -18.4. The van der Waals surface area contributed by atoms with Crippen molar-refractivity contribution in [1.29, 1.82) is 0 Å². The fourth-order valence-corrected chi connectivity index (χ4v) is 11.2. The minimum atomic E-state index is -5.37. The molecule has 0 aliphatic carbocycles. The van der Waals surface area contributed by atoms with Gasteiger partial charge >= 0.3 is 30.3 Å². The first-order valence-electron chi connectivity index (χ1n) is 30.3. The number of hydrogen-bond acceptors (Lipinski definition) is 20. The number of cyclic esters (lactones) is 1. The monoisotopic (exact) mass is 1330 g/mol. The second-order valence-electron chi connectivity index (χ2n) is 23.6. The predicted molar refractivity (Wildman–Crippen MR) is 302 cm³/mol. The van der Waals surface area contributed by atoms with Gasteiger partial charge in [0.1, 0.15) is 48.4 Å². The second kappa shape index (κ2) is 33.8. The number of aromatic nitrogens is 2. The number of halogens is 6. The Balaban J connectivity index is 1.54. The number of aliphatic carboxylic acids is 2. The number of carbonyl (C=O) groups excluding carboxylic acids is 9. The third-order valence-corrected chi connectivity index (χ3v) is 16.1. The molecule has 30 nitrogen and oxygen atoms in total. The van der Waals surface area contributed by atoms with E-state index in [9.17, 15) is 115 Å². The average Bonchev–Trinajstić information content (AvgIpc) is 1.54. The summed E-state index contributed by atoms with van der Waals surface area (Å²) in [5.74, 6) is -16.7. The first-order valence-corrected chi connectivity index (χ1v) is 30.3. The van der Waals surface area contributed by atoms with Crippen LogP contribution in [0.4, 0.5) is 32.3 Å². The van der Waals surface area contributed by atoms with Crippen molar-refractivity contribution in [3.63, 3.8) is 0 Å². The number of unbranched alkanes of at least 4 members (excludes halogenated alkanes) is 6. The molecule has 13 atom stereocenters. The number of nitrogens with one attached hydrogen (secondary N) is 6. The van der Waals surface area contributed by atoms with Crippen LogP contribution in [0.3, 0.4) is 0 Å². The number of aliphatic hydroxyl groups excluding tert-OH is 5. The van der Waals surface area contributed by atoms with Crippen LogP contribution in [0, 0.1) is 5.92 Å². The van der Waals surface area contributed by atoms with Gasteiger partial charge in [0, 0.05) is 26.2 Å². The van der Waals surface area contributed by atoms with E-state index in [2.05, 4.69) is 45.1 Å². The summed E-state index contributed by atoms with van der Waals surface area (Å²) < 4.78 is 87.3. The van der Waals surface area contributed by atoms with Crippen LogP contribution in [0.25, 0.3) is 0 Å². The molecule has 0 spiro atoms. The number of anilines is 1. The minimum Gasteiger partial charge on any atom is -0.479 e. The summed E-state index contributed by atoms with van der Waals surface area (Å²) in [6, 6.07) is -16.4. The zero-order valence-electron chi connectivity index (χ0n) is 50.7. The van der Waals surface area contributed by atoms with E-state index in [0.29, 0.717) is 23.7 Å². The van der Waals surface area contributed by atoms with E-state index in [4.69, 9.17) is 4.74 Å². The number of rotatable bonds is 21. The quantitative estimate of drug-likeness (QED) is 0.0391. The van der Waals surface area contributed by atoms with E-state index in [1.807, 2.05) is 10.6 Å². The number of fused-ring (bicyclic) bond motifs is 3. The number of hydrogen-bond donors (Lipinski definition) is 13. The first kappa shape index (κ1) is 75.2. The zero-order chi connectivity index (χ0) is 68.5. The van der Waals surface area contributed by atoms with E-state index in [1.54, 1.807) is 0 Å². The highest BCUT2D eigenvalue weighted by Gasteiger charge is 2.49. The molecule has 5 heterocycles. The summed E-state index contributed by atoms with van der Waals surface area (Å²) in [7, 11) is 0. The number of esters is 1. The fraction of sp³-hybridized carbons (Fsp3) is 0.732. The Morgan fingerprint density at radius 1 is 0.620 bits per heavy atom. The molecule has 4 aliphatic heterocycles. The van der Waals surface area contributed by atoms with E-state index < -0.39 is 219 Å². The number of carboxylic acid groups (broad SMARTS) is 2. The molecule has 2 unspecified atom stereocenters. The van der Waals surface area contributed by atoms with Crippen LogP contribution in [-0.4, -0.2) is 237 Å². The average molecular weight is 1330 g/mol. The summed E-state index contributed by atoms with van der Waals surface area (Å²) >= 11 is 0. The largest absolute Gasteiger partial charge is 0.479 e. The highest BCUT2D eigenvalue weighted by atomic mass is 19.4. The van der Waals surface area contributed by atoms with E-state index in [0.717, 1.165) is 48.8 Å². The Kier molecular flexibility index (Phi) is 27.6. The van der Waals surface area contributed by atoms with E-state index >= 15 is 0 Å². The predicted octanol–water partition coefficient (Wildman–Crippen LogP) is -1.18. The lowest BCUT2D eigenvalue weighted by Gasteiger charge is -2.34. The fourth-order valence-electron chi connectivity index (χ4n) is 11.2. The van der Waals surface area contributed by atoms with Crippen LogP contribution in [0.5, 0.6) is 0 Å². The highest BCUT2D eigenvalue weighted by Crippen LogP contribution is 2.34. The molecule has 0 radical (unpaired) electrons. The van der Waals surface area contributed by atoms with Crippen LogP contribution >= 0.6 is 0 Å². The number of amides is 8. The van der Waals surface area contributed by atoms with Gasteiger partial charge in [-0.2, -0.15) is 26.3 Å². The molecule has 8 amide bonds. The Morgan fingerprint density at radius 3 is 1.73 bits per heavy atom. The van der Waals surface area contributed by atoms with Gasteiger partial charge in [0.05, 0.1) is 25.2 Å². The van der Waals surface area contributed by atoms with Crippen LogP contribution in [0.1, 0.15) is 141 Å². The van der Waals surface area contributed by atoms with E-state index in [-0.39, 0.29) is 57.7 Å². The van der Waals surface area contributed by atoms with Crippen molar-refractivity contribution >= 4 is 71.1 Å². The Bertz CT molecular complexity index is 2770. The molecule has 0 saturated carbocycles. The molecule has 13 N–H and O–H groups in total. The molecule has 516 valence electrons. The van der Waals surface area contributed by atoms with Crippen molar-refractivity contribution in [1.82, 2.24) is 51.3 Å². The van der Waals surface area contributed by atoms with Crippen LogP contribution in [0.2, 0.25) is 0 Å². The molecule has 4 saturated heterocycles. The van der Waals surface area contributed by atoms with Crippen molar-refractivity contribution in [3.05, 3.63) is 17.5 Å².